The molecule has 6 aliphatic carbocycles. The molecule has 284 valence electrons. The molecular formula is C41H43NO12. The minimum atomic E-state index is -1.66. The number of carbonyl (C=O) groups is 6. The molecule has 15 atom stereocenters. The molecule has 0 aromatic heterocycles. The number of carbonyl (C=O) groups excluding carboxylic acids is 6. The van der Waals surface area contributed by atoms with Gasteiger partial charge in [0.05, 0.1) is 28.6 Å². The van der Waals surface area contributed by atoms with Crippen LogP contribution in [0.1, 0.15) is 54.8 Å². The molecule has 13 nitrogen and oxygen atoms in total. The number of esters is 5. The number of piperidine rings is 1. The monoisotopic (exact) mass is 741 g/mol. The summed E-state index contributed by atoms with van der Waals surface area (Å²) in [4.78, 5) is 83.0. The van der Waals surface area contributed by atoms with Crippen molar-refractivity contribution >= 4 is 36.1 Å². The van der Waals surface area contributed by atoms with Gasteiger partial charge >= 0.3 is 29.8 Å². The van der Waals surface area contributed by atoms with Crippen molar-refractivity contribution in [2.45, 2.75) is 82.8 Å². The van der Waals surface area contributed by atoms with Gasteiger partial charge in [0.15, 0.2) is 18.3 Å². The number of likely N-dealkylation sites (N-methyl/N-ethyl adjacent to an activating group) is 1. The Balaban J connectivity index is 1.39. The summed E-state index contributed by atoms with van der Waals surface area (Å²) < 4.78 is 31.3. The second kappa shape index (κ2) is 12.3. The number of rotatable bonds is 8. The highest BCUT2D eigenvalue weighted by molar-refractivity contribution is 5.90. The number of hydrogen-bond donors (Lipinski definition) is 1. The van der Waals surface area contributed by atoms with Gasteiger partial charge in [-0.15, -0.1) is 0 Å². The summed E-state index contributed by atoms with van der Waals surface area (Å²) in [5, 5.41) is 12.9. The van der Waals surface area contributed by atoms with E-state index >= 15 is 0 Å². The molecule has 1 unspecified atom stereocenters. The van der Waals surface area contributed by atoms with Gasteiger partial charge in [0.2, 0.25) is 0 Å². The molecule has 0 radical (unpaired) electrons. The maximum Gasteiger partial charge on any atom is 0.338 e. The molecule has 6 saturated carbocycles. The summed E-state index contributed by atoms with van der Waals surface area (Å²) in [7, 11) is 1.80. The number of ether oxygens (including phenoxy) is 5. The highest BCUT2D eigenvalue weighted by Crippen LogP contribution is 2.85. The molecule has 2 spiro atoms. The Bertz CT molecular complexity index is 1950. The molecule has 7 bridgehead atoms. The van der Waals surface area contributed by atoms with E-state index in [4.69, 9.17) is 23.7 Å². The molecule has 2 aromatic rings. The molecule has 8 aliphatic rings. The standard InChI is InChI=1S/C41H43NO12/c1-19-17-40-26-28(53-37(48)23-13-9-7-10-14-23)25(19)29(50-20(2)44)32(40)41-31(27(34(40)47)42(6)33(26)41)39(5,18-43)35(51-21(3)45)30(36(41)52-22(4)46)54-38(49)24-15-11-8-12-16-24/h7-16,18,25-36,47H,1,17H2,2-6H3/t25-,26+,27+,28+,29+,30-,31+,32+,33?,34+,35-,36+,39-,40-,41+/m0/s1. The van der Waals surface area contributed by atoms with Gasteiger partial charge in [-0.1, -0.05) is 48.6 Å². The van der Waals surface area contributed by atoms with Crippen LogP contribution in [-0.4, -0.2) is 102 Å². The zero-order chi connectivity index (χ0) is 38.6. The summed E-state index contributed by atoms with van der Waals surface area (Å²) >= 11 is 0. The van der Waals surface area contributed by atoms with Crippen molar-refractivity contribution in [1.82, 2.24) is 4.90 Å². The normalized spacial score (nSPS) is 42.1. The first-order chi connectivity index (χ1) is 25.7. The third kappa shape index (κ3) is 4.51. The Morgan fingerprint density at radius 3 is 1.80 bits per heavy atom. The van der Waals surface area contributed by atoms with Crippen LogP contribution in [-0.2, 0) is 42.9 Å². The van der Waals surface area contributed by atoms with Crippen LogP contribution in [0.5, 0.6) is 0 Å². The fraction of sp³-hybridized carbons (Fsp3) is 0.512. The number of fused-ring (bicyclic) bond motifs is 1. The lowest BCUT2D eigenvalue weighted by molar-refractivity contribution is -0.301. The average Bonchev–Trinajstić information content (AvgIpc) is 3.46. The molecule has 1 N–H and O–H groups in total. The molecule has 8 fully saturated rings. The number of nitrogens with zero attached hydrogens (tertiary/aromatic N) is 1. The summed E-state index contributed by atoms with van der Waals surface area (Å²) in [6, 6.07) is 15.1. The fourth-order valence-corrected chi connectivity index (χ4v) is 12.7. The quantitative estimate of drug-likeness (QED) is 0.181. The molecule has 2 aliphatic heterocycles. The lowest BCUT2D eigenvalue weighted by Crippen LogP contribution is -2.79. The summed E-state index contributed by atoms with van der Waals surface area (Å²) in [5.74, 6) is -6.72. The highest BCUT2D eigenvalue weighted by atomic mass is 16.6. The first-order valence-electron chi connectivity index (χ1n) is 18.2. The van der Waals surface area contributed by atoms with Crippen molar-refractivity contribution in [2.24, 2.45) is 39.9 Å². The topological polar surface area (TPSA) is 172 Å². The maximum atomic E-state index is 14.0. The van der Waals surface area contributed by atoms with E-state index in [0.717, 1.165) is 0 Å². The SMILES string of the molecule is C=C1C[C@]23[C@H](O)[C@H]4[C@@H]5[C@](C)(C=O)[C@@H](OC(C)=O)[C@H](OC(=O)c6ccccc6)[C@@H](OC(C)=O)[C@]56C([C@H]2[C@H](OC(=O)c2ccccc2)[C@H]1[C@@H](OC(C)=O)[C@H]36)N4C. The molecule has 0 amide bonds. The molecule has 2 saturated heterocycles. The first-order valence-corrected chi connectivity index (χ1v) is 18.2. The first kappa shape index (κ1) is 36.1. The van der Waals surface area contributed by atoms with Crippen LogP contribution in [0.15, 0.2) is 72.8 Å². The third-order valence-corrected chi connectivity index (χ3v) is 13.7. The van der Waals surface area contributed by atoms with Crippen LogP contribution >= 0.6 is 0 Å². The predicted molar refractivity (Wildman–Crippen MR) is 186 cm³/mol. The van der Waals surface area contributed by atoms with Gasteiger partial charge in [-0.2, -0.15) is 0 Å². The summed E-state index contributed by atoms with van der Waals surface area (Å²) in [5.41, 5.74) is -3.13. The van der Waals surface area contributed by atoms with E-state index in [1.165, 1.54) is 20.8 Å². The van der Waals surface area contributed by atoms with E-state index in [9.17, 15) is 33.9 Å². The molecule has 2 aromatic carbocycles. The number of hydrogen-bond acceptors (Lipinski definition) is 13. The zero-order valence-corrected chi connectivity index (χ0v) is 30.6. The summed E-state index contributed by atoms with van der Waals surface area (Å²) in [6.45, 7) is 9.63. The second-order valence-electron chi connectivity index (χ2n) is 16.1. The minimum absolute atomic E-state index is 0.163. The van der Waals surface area contributed by atoms with Gasteiger partial charge in [0, 0.05) is 61.4 Å². The molecule has 13 heteroatoms. The number of aldehydes is 1. The molecular weight excluding hydrogens is 698 g/mol. The van der Waals surface area contributed by atoms with Crippen LogP contribution in [0.2, 0.25) is 0 Å². The van der Waals surface area contributed by atoms with E-state index in [1.54, 1.807) is 74.6 Å². The largest absolute Gasteiger partial charge is 0.461 e. The zero-order valence-electron chi connectivity index (χ0n) is 30.6. The van der Waals surface area contributed by atoms with E-state index in [-0.39, 0.29) is 12.0 Å². The smallest absolute Gasteiger partial charge is 0.338 e. The Kier molecular flexibility index (Phi) is 8.24. The minimum Gasteiger partial charge on any atom is -0.461 e. The van der Waals surface area contributed by atoms with E-state index in [0.29, 0.717) is 17.4 Å². The molecule has 10 rings (SSSR count). The van der Waals surface area contributed by atoms with Gasteiger partial charge in [0.1, 0.15) is 18.5 Å². The van der Waals surface area contributed by atoms with E-state index < -0.39 is 118 Å². The van der Waals surface area contributed by atoms with Crippen molar-refractivity contribution in [1.29, 1.82) is 0 Å². The van der Waals surface area contributed by atoms with Crippen molar-refractivity contribution in [2.75, 3.05) is 7.05 Å². The van der Waals surface area contributed by atoms with Crippen molar-refractivity contribution < 1.29 is 57.6 Å². The summed E-state index contributed by atoms with van der Waals surface area (Å²) in [6.07, 6.45) is -6.72. The van der Waals surface area contributed by atoms with Crippen LogP contribution in [0, 0.1) is 39.9 Å². The van der Waals surface area contributed by atoms with Gasteiger partial charge in [0.25, 0.3) is 0 Å². The van der Waals surface area contributed by atoms with Gasteiger partial charge in [-0.3, -0.25) is 19.3 Å². The van der Waals surface area contributed by atoms with Crippen molar-refractivity contribution in [3.8, 4) is 0 Å². The molecule has 54 heavy (non-hydrogen) atoms. The van der Waals surface area contributed by atoms with Crippen molar-refractivity contribution in [3.63, 3.8) is 0 Å². The Morgan fingerprint density at radius 2 is 1.28 bits per heavy atom. The number of aliphatic hydroxyl groups is 1. The Labute approximate surface area is 311 Å². The number of aliphatic hydroxyl groups excluding tert-OH is 1. The van der Waals surface area contributed by atoms with Gasteiger partial charge in [-0.05, 0) is 44.7 Å². The van der Waals surface area contributed by atoms with E-state index in [2.05, 4.69) is 6.58 Å². The van der Waals surface area contributed by atoms with Gasteiger partial charge in [-0.25, -0.2) is 9.59 Å². The number of benzene rings is 2. The highest BCUT2D eigenvalue weighted by Gasteiger charge is 2.95. The average molecular weight is 742 g/mol. The maximum absolute atomic E-state index is 14.0. The van der Waals surface area contributed by atoms with E-state index in [1.807, 2.05) is 4.90 Å². The lowest BCUT2D eigenvalue weighted by Gasteiger charge is -2.70. The van der Waals surface area contributed by atoms with Crippen LogP contribution < -0.4 is 0 Å². The van der Waals surface area contributed by atoms with Crippen LogP contribution in [0.4, 0.5) is 0 Å². The predicted octanol–water partition coefficient (Wildman–Crippen LogP) is 2.93. The third-order valence-electron chi connectivity index (χ3n) is 13.7. The van der Waals surface area contributed by atoms with Crippen LogP contribution in [0.25, 0.3) is 0 Å². The fourth-order valence-electron chi connectivity index (χ4n) is 12.7. The lowest BCUT2D eigenvalue weighted by atomic mass is 9.37. The van der Waals surface area contributed by atoms with Crippen molar-refractivity contribution in [3.05, 3.63) is 83.9 Å². The second-order valence-corrected chi connectivity index (χ2v) is 16.1. The Morgan fingerprint density at radius 1 is 0.759 bits per heavy atom. The van der Waals surface area contributed by atoms with Crippen LogP contribution in [0.3, 0.4) is 0 Å². The van der Waals surface area contributed by atoms with Gasteiger partial charge < -0.3 is 33.6 Å². The molecule has 2 heterocycles. The Hall–Kier alpha value is -4.88.